The number of ether oxygens (including phenoxy) is 1. The van der Waals surface area contributed by atoms with Crippen LogP contribution in [-0.4, -0.2) is 28.5 Å². The first kappa shape index (κ1) is 12.6. The molecule has 18 heavy (non-hydrogen) atoms. The molecule has 0 atom stereocenters. The number of benzene rings is 1. The highest BCUT2D eigenvalue weighted by Gasteiger charge is 2.03. The van der Waals surface area contributed by atoms with Gasteiger partial charge in [-0.25, -0.2) is 0 Å². The van der Waals surface area contributed by atoms with Crippen LogP contribution in [0.3, 0.4) is 0 Å². The van der Waals surface area contributed by atoms with Crippen molar-refractivity contribution in [1.82, 2.24) is 14.8 Å². The number of aryl methyl sites for hydroxylation is 1. The number of nitrogens with zero attached hydrogens (tertiary/aromatic N) is 3. The van der Waals surface area contributed by atoms with Gasteiger partial charge in [0.05, 0.1) is 13.2 Å². The number of hydrogen-bond acceptors (Lipinski definition) is 4. The first-order valence-corrected chi connectivity index (χ1v) is 5.96. The summed E-state index contributed by atoms with van der Waals surface area (Å²) in [6, 6.07) is 8.28. The maximum Gasteiger partial charge on any atom is 0.152 e. The van der Waals surface area contributed by atoms with E-state index in [1.54, 1.807) is 13.4 Å². The molecule has 1 aromatic heterocycles. The lowest BCUT2D eigenvalue weighted by molar-refractivity contribution is 0.186. The lowest BCUT2D eigenvalue weighted by atomic mass is 10.2. The zero-order chi connectivity index (χ0) is 12.8. The van der Waals surface area contributed by atoms with E-state index in [-0.39, 0.29) is 0 Å². The second-order valence-electron chi connectivity index (χ2n) is 4.15. The summed E-state index contributed by atoms with van der Waals surface area (Å²) in [5.74, 6) is 0.910. The second-order valence-corrected chi connectivity index (χ2v) is 4.15. The zero-order valence-electron chi connectivity index (χ0n) is 10.8. The molecule has 2 aromatic rings. The Hall–Kier alpha value is -1.88. The largest absolute Gasteiger partial charge is 0.383 e. The van der Waals surface area contributed by atoms with Crippen LogP contribution < -0.4 is 5.32 Å². The summed E-state index contributed by atoms with van der Waals surface area (Å²) in [4.78, 5) is 0. The van der Waals surface area contributed by atoms with Gasteiger partial charge in [0.15, 0.2) is 5.82 Å². The Kier molecular flexibility index (Phi) is 4.30. The van der Waals surface area contributed by atoms with Crippen LogP contribution in [0.4, 0.5) is 5.69 Å². The molecule has 1 N–H and O–H groups in total. The van der Waals surface area contributed by atoms with Crippen molar-refractivity contribution in [2.45, 2.75) is 20.0 Å². The third-order valence-corrected chi connectivity index (χ3v) is 2.73. The summed E-state index contributed by atoms with van der Waals surface area (Å²) in [5.41, 5.74) is 2.34. The lowest BCUT2D eigenvalue weighted by Crippen LogP contribution is -2.11. The predicted octanol–water partition coefficient (Wildman–Crippen LogP) is 1.85. The van der Waals surface area contributed by atoms with Crippen LogP contribution in [0.1, 0.15) is 11.4 Å². The molecule has 1 heterocycles. The van der Waals surface area contributed by atoms with Gasteiger partial charge in [-0.15, -0.1) is 10.2 Å². The van der Waals surface area contributed by atoms with Crippen LogP contribution >= 0.6 is 0 Å². The van der Waals surface area contributed by atoms with E-state index in [1.165, 1.54) is 5.56 Å². The van der Waals surface area contributed by atoms with E-state index in [1.807, 2.05) is 4.57 Å². The van der Waals surface area contributed by atoms with Gasteiger partial charge in [-0.1, -0.05) is 17.7 Å². The van der Waals surface area contributed by atoms with Gasteiger partial charge in [0.1, 0.15) is 6.33 Å². The Balaban J connectivity index is 1.93. The molecule has 0 aliphatic heterocycles. The van der Waals surface area contributed by atoms with Crippen molar-refractivity contribution in [3.8, 4) is 0 Å². The Labute approximate surface area is 107 Å². The van der Waals surface area contributed by atoms with E-state index in [0.29, 0.717) is 13.2 Å². The molecule has 0 amide bonds. The van der Waals surface area contributed by atoms with Crippen LogP contribution in [0.25, 0.3) is 0 Å². The Morgan fingerprint density at radius 2 is 2.06 bits per heavy atom. The average molecular weight is 246 g/mol. The van der Waals surface area contributed by atoms with Gasteiger partial charge in [0.2, 0.25) is 0 Å². The number of anilines is 1. The van der Waals surface area contributed by atoms with E-state index in [2.05, 4.69) is 46.7 Å². The first-order valence-electron chi connectivity index (χ1n) is 5.96. The fraction of sp³-hybridized carbons (Fsp3) is 0.385. The molecule has 0 aliphatic carbocycles. The van der Waals surface area contributed by atoms with Gasteiger partial charge in [-0.2, -0.15) is 0 Å². The summed E-state index contributed by atoms with van der Waals surface area (Å²) in [7, 11) is 1.69. The lowest BCUT2D eigenvalue weighted by Gasteiger charge is -2.08. The molecule has 0 radical (unpaired) electrons. The first-order chi connectivity index (χ1) is 8.79. The third-order valence-electron chi connectivity index (χ3n) is 2.73. The van der Waals surface area contributed by atoms with Gasteiger partial charge >= 0.3 is 0 Å². The third kappa shape index (κ3) is 3.30. The quantitative estimate of drug-likeness (QED) is 0.845. The molecule has 5 nitrogen and oxygen atoms in total. The van der Waals surface area contributed by atoms with Crippen LogP contribution in [0.5, 0.6) is 0 Å². The van der Waals surface area contributed by atoms with Crippen LogP contribution in [0.2, 0.25) is 0 Å². The molecule has 5 heteroatoms. The van der Waals surface area contributed by atoms with E-state index in [9.17, 15) is 0 Å². The van der Waals surface area contributed by atoms with Gasteiger partial charge in [-0.3, -0.25) is 0 Å². The van der Waals surface area contributed by atoms with Gasteiger partial charge < -0.3 is 14.6 Å². The molecule has 0 unspecified atom stereocenters. The van der Waals surface area contributed by atoms with Crippen molar-refractivity contribution in [2.75, 3.05) is 19.0 Å². The van der Waals surface area contributed by atoms with Crippen molar-refractivity contribution in [3.63, 3.8) is 0 Å². The SMILES string of the molecule is COCCn1cnnc1CNc1ccc(C)cc1. The standard InChI is InChI=1S/C13H18N4O/c1-11-3-5-12(6-4-11)14-9-13-16-15-10-17(13)7-8-18-2/h3-6,10,14H,7-9H2,1-2H3. The minimum Gasteiger partial charge on any atom is -0.383 e. The zero-order valence-corrected chi connectivity index (χ0v) is 10.8. The van der Waals surface area contributed by atoms with Crippen LogP contribution in [0.15, 0.2) is 30.6 Å². The minimum atomic E-state index is 0.659. The number of rotatable bonds is 6. The van der Waals surface area contributed by atoms with Gasteiger partial charge in [-0.05, 0) is 19.1 Å². The van der Waals surface area contributed by atoms with E-state index < -0.39 is 0 Å². The Morgan fingerprint density at radius 3 is 2.78 bits per heavy atom. The fourth-order valence-corrected chi connectivity index (χ4v) is 1.64. The summed E-state index contributed by atoms with van der Waals surface area (Å²) >= 11 is 0. The maximum absolute atomic E-state index is 5.05. The van der Waals surface area contributed by atoms with Crippen molar-refractivity contribution in [2.24, 2.45) is 0 Å². The molecule has 2 rings (SSSR count). The van der Waals surface area contributed by atoms with Gasteiger partial charge in [0, 0.05) is 19.3 Å². The summed E-state index contributed by atoms with van der Waals surface area (Å²) in [6.45, 7) is 4.17. The van der Waals surface area contributed by atoms with Crippen LogP contribution in [-0.2, 0) is 17.8 Å². The molecule has 0 bridgehead atoms. The molecular weight excluding hydrogens is 228 g/mol. The number of hydrogen-bond donors (Lipinski definition) is 1. The molecular formula is C13H18N4O. The normalized spacial score (nSPS) is 10.6. The van der Waals surface area contributed by atoms with Crippen molar-refractivity contribution < 1.29 is 4.74 Å². The summed E-state index contributed by atoms with van der Waals surface area (Å²) in [6.07, 6.45) is 1.73. The molecule has 0 fully saturated rings. The number of nitrogens with one attached hydrogen (secondary N) is 1. The predicted molar refractivity (Wildman–Crippen MR) is 70.4 cm³/mol. The second kappa shape index (κ2) is 6.16. The summed E-state index contributed by atoms with van der Waals surface area (Å²) < 4.78 is 7.04. The number of methoxy groups -OCH3 is 1. The molecule has 0 saturated carbocycles. The molecule has 0 spiro atoms. The van der Waals surface area contributed by atoms with E-state index >= 15 is 0 Å². The molecule has 1 aromatic carbocycles. The van der Waals surface area contributed by atoms with Gasteiger partial charge in [0.25, 0.3) is 0 Å². The molecule has 0 aliphatic rings. The van der Waals surface area contributed by atoms with E-state index in [0.717, 1.165) is 18.1 Å². The van der Waals surface area contributed by atoms with Crippen molar-refractivity contribution in [3.05, 3.63) is 42.0 Å². The van der Waals surface area contributed by atoms with Crippen LogP contribution in [0, 0.1) is 6.92 Å². The van der Waals surface area contributed by atoms with E-state index in [4.69, 9.17) is 4.74 Å². The monoisotopic (exact) mass is 246 g/mol. The molecule has 96 valence electrons. The Morgan fingerprint density at radius 1 is 1.28 bits per heavy atom. The smallest absolute Gasteiger partial charge is 0.152 e. The highest BCUT2D eigenvalue weighted by molar-refractivity contribution is 5.44. The fourth-order valence-electron chi connectivity index (χ4n) is 1.64. The Bertz CT molecular complexity index is 478. The van der Waals surface area contributed by atoms with Crippen molar-refractivity contribution in [1.29, 1.82) is 0 Å². The highest BCUT2D eigenvalue weighted by Crippen LogP contribution is 2.09. The average Bonchev–Trinajstić information content (AvgIpc) is 2.83. The minimum absolute atomic E-state index is 0.659. The molecule has 0 saturated heterocycles. The highest BCUT2D eigenvalue weighted by atomic mass is 16.5. The van der Waals surface area contributed by atoms with Crippen molar-refractivity contribution >= 4 is 5.69 Å². The summed E-state index contributed by atoms with van der Waals surface area (Å²) in [5, 5.41) is 11.3. The maximum atomic E-state index is 5.05. The topological polar surface area (TPSA) is 52.0 Å². The number of aromatic nitrogens is 3.